The molecule has 0 unspecified atom stereocenters. The molecule has 0 aromatic carbocycles. The third-order valence-electron chi connectivity index (χ3n) is 2.03. The summed E-state index contributed by atoms with van der Waals surface area (Å²) in [6.07, 6.45) is 0.977. The number of aliphatic hydroxyl groups excluding tert-OH is 1. The number of anilines is 1. The third-order valence-corrected chi connectivity index (χ3v) is 2.03. The van der Waals surface area contributed by atoms with Crippen molar-refractivity contribution in [1.29, 1.82) is 0 Å². The van der Waals surface area contributed by atoms with Crippen molar-refractivity contribution in [3.05, 3.63) is 23.9 Å². The standard InChI is InChI=1S/C11H17N3O2/c1-8(15)6-13-11(16)9-4-5-10(12-7-9)14(2)3/h4-5,7-8,15H,6H2,1-3H3,(H,13,16)/t8-/m0/s1. The predicted molar refractivity (Wildman–Crippen MR) is 62.6 cm³/mol. The number of nitrogens with one attached hydrogen (secondary N) is 1. The zero-order valence-electron chi connectivity index (χ0n) is 9.77. The Morgan fingerprint density at radius 1 is 1.56 bits per heavy atom. The Labute approximate surface area is 95.1 Å². The number of nitrogens with zero attached hydrogens (tertiary/aromatic N) is 2. The van der Waals surface area contributed by atoms with Gasteiger partial charge in [-0.15, -0.1) is 0 Å². The summed E-state index contributed by atoms with van der Waals surface area (Å²) in [5.41, 5.74) is 0.492. The molecule has 5 heteroatoms. The van der Waals surface area contributed by atoms with Crippen molar-refractivity contribution in [3.63, 3.8) is 0 Å². The first kappa shape index (κ1) is 12.4. The van der Waals surface area contributed by atoms with Gasteiger partial charge < -0.3 is 15.3 Å². The van der Waals surface area contributed by atoms with E-state index in [9.17, 15) is 4.79 Å². The van der Waals surface area contributed by atoms with Gasteiger partial charge in [-0.3, -0.25) is 4.79 Å². The lowest BCUT2D eigenvalue weighted by Crippen LogP contribution is -2.30. The number of amides is 1. The van der Waals surface area contributed by atoms with E-state index in [2.05, 4.69) is 10.3 Å². The van der Waals surface area contributed by atoms with Crippen LogP contribution in [0.25, 0.3) is 0 Å². The lowest BCUT2D eigenvalue weighted by molar-refractivity contribution is 0.0923. The van der Waals surface area contributed by atoms with Crippen LogP contribution in [0.1, 0.15) is 17.3 Å². The lowest BCUT2D eigenvalue weighted by Gasteiger charge is -2.11. The van der Waals surface area contributed by atoms with Gasteiger partial charge in [-0.05, 0) is 19.1 Å². The van der Waals surface area contributed by atoms with Crippen LogP contribution in [-0.4, -0.2) is 42.7 Å². The van der Waals surface area contributed by atoms with E-state index in [4.69, 9.17) is 5.11 Å². The molecule has 1 atom stereocenters. The van der Waals surface area contributed by atoms with E-state index in [0.29, 0.717) is 5.56 Å². The maximum absolute atomic E-state index is 11.6. The molecule has 1 amide bonds. The molecule has 1 rings (SSSR count). The molecule has 0 radical (unpaired) electrons. The van der Waals surface area contributed by atoms with Crippen LogP contribution in [0.5, 0.6) is 0 Å². The molecule has 0 aliphatic rings. The minimum atomic E-state index is -0.544. The molecular formula is C11H17N3O2. The summed E-state index contributed by atoms with van der Waals surface area (Å²) in [5, 5.41) is 11.6. The van der Waals surface area contributed by atoms with Gasteiger partial charge in [0.25, 0.3) is 5.91 Å². The van der Waals surface area contributed by atoms with Crippen LogP contribution in [0.15, 0.2) is 18.3 Å². The molecule has 0 bridgehead atoms. The van der Waals surface area contributed by atoms with Gasteiger partial charge in [0.1, 0.15) is 5.82 Å². The third kappa shape index (κ3) is 3.51. The van der Waals surface area contributed by atoms with Crippen LogP contribution in [0.2, 0.25) is 0 Å². The van der Waals surface area contributed by atoms with Crippen LogP contribution in [0.3, 0.4) is 0 Å². The van der Waals surface area contributed by atoms with E-state index < -0.39 is 6.10 Å². The van der Waals surface area contributed by atoms with Gasteiger partial charge in [0.05, 0.1) is 11.7 Å². The Hall–Kier alpha value is -1.62. The minimum Gasteiger partial charge on any atom is -0.392 e. The first-order chi connectivity index (χ1) is 7.50. The number of pyridine rings is 1. The highest BCUT2D eigenvalue weighted by Crippen LogP contribution is 2.07. The van der Waals surface area contributed by atoms with Crippen LogP contribution in [0, 0.1) is 0 Å². The summed E-state index contributed by atoms with van der Waals surface area (Å²) in [5.74, 6) is 0.575. The number of hydrogen-bond acceptors (Lipinski definition) is 4. The molecule has 0 fully saturated rings. The van der Waals surface area contributed by atoms with E-state index in [1.54, 1.807) is 19.1 Å². The Bertz CT molecular complexity index is 347. The molecule has 1 aromatic heterocycles. The summed E-state index contributed by atoms with van der Waals surface area (Å²) in [4.78, 5) is 17.5. The smallest absolute Gasteiger partial charge is 0.252 e. The molecule has 1 aromatic rings. The molecule has 0 aliphatic heterocycles. The van der Waals surface area contributed by atoms with Gasteiger partial charge in [0.15, 0.2) is 0 Å². The largest absolute Gasteiger partial charge is 0.392 e. The molecule has 16 heavy (non-hydrogen) atoms. The van der Waals surface area contributed by atoms with Gasteiger partial charge in [0.2, 0.25) is 0 Å². The first-order valence-electron chi connectivity index (χ1n) is 5.10. The zero-order valence-corrected chi connectivity index (χ0v) is 9.77. The van der Waals surface area contributed by atoms with Crippen LogP contribution in [-0.2, 0) is 0 Å². The van der Waals surface area contributed by atoms with E-state index >= 15 is 0 Å². The van der Waals surface area contributed by atoms with Gasteiger partial charge in [0, 0.05) is 26.8 Å². The molecule has 0 aliphatic carbocycles. The maximum Gasteiger partial charge on any atom is 0.252 e. The molecule has 0 saturated carbocycles. The second-order valence-electron chi connectivity index (χ2n) is 3.86. The Balaban J connectivity index is 2.63. The Morgan fingerprint density at radius 3 is 2.69 bits per heavy atom. The SMILES string of the molecule is C[C@H](O)CNC(=O)c1ccc(N(C)C)nc1. The lowest BCUT2D eigenvalue weighted by atomic mass is 10.2. The van der Waals surface area contributed by atoms with Crippen LogP contribution >= 0.6 is 0 Å². The van der Waals surface area contributed by atoms with Crippen molar-refractivity contribution in [2.45, 2.75) is 13.0 Å². The van der Waals surface area contributed by atoms with Crippen molar-refractivity contribution in [1.82, 2.24) is 10.3 Å². The van der Waals surface area contributed by atoms with Gasteiger partial charge in [-0.1, -0.05) is 0 Å². The summed E-state index contributed by atoms with van der Waals surface area (Å²) in [7, 11) is 3.77. The fourth-order valence-corrected chi connectivity index (χ4v) is 1.13. The van der Waals surface area contributed by atoms with Gasteiger partial charge in [-0.25, -0.2) is 4.98 Å². The summed E-state index contributed by atoms with van der Waals surface area (Å²) in [6.45, 7) is 1.86. The second kappa shape index (κ2) is 5.46. The highest BCUT2D eigenvalue weighted by molar-refractivity contribution is 5.94. The summed E-state index contributed by atoms with van der Waals surface area (Å²) >= 11 is 0. The fraction of sp³-hybridized carbons (Fsp3) is 0.455. The molecule has 88 valence electrons. The monoisotopic (exact) mass is 223 g/mol. The van der Waals surface area contributed by atoms with Crippen molar-refractivity contribution in [2.75, 3.05) is 25.5 Å². The van der Waals surface area contributed by atoms with Crippen molar-refractivity contribution in [3.8, 4) is 0 Å². The normalized spacial score (nSPS) is 12.0. The number of hydrogen-bond donors (Lipinski definition) is 2. The summed E-state index contributed by atoms with van der Waals surface area (Å²) < 4.78 is 0. The Kier molecular flexibility index (Phi) is 4.25. The number of aromatic nitrogens is 1. The van der Waals surface area contributed by atoms with Crippen LogP contribution in [0.4, 0.5) is 5.82 Å². The predicted octanol–water partition coefficient (Wildman–Crippen LogP) is 0.258. The van der Waals surface area contributed by atoms with Crippen molar-refractivity contribution >= 4 is 11.7 Å². The maximum atomic E-state index is 11.6. The molecule has 1 heterocycles. The zero-order chi connectivity index (χ0) is 12.1. The van der Waals surface area contributed by atoms with E-state index in [0.717, 1.165) is 5.82 Å². The second-order valence-corrected chi connectivity index (χ2v) is 3.86. The first-order valence-corrected chi connectivity index (χ1v) is 5.10. The summed E-state index contributed by atoms with van der Waals surface area (Å²) in [6, 6.07) is 3.48. The fourth-order valence-electron chi connectivity index (χ4n) is 1.13. The highest BCUT2D eigenvalue weighted by Gasteiger charge is 2.07. The number of aliphatic hydroxyl groups is 1. The minimum absolute atomic E-state index is 0.223. The number of carbonyl (C=O) groups excluding carboxylic acids is 1. The molecule has 0 spiro atoms. The molecule has 2 N–H and O–H groups in total. The number of carbonyl (C=O) groups is 1. The van der Waals surface area contributed by atoms with Gasteiger partial charge in [-0.2, -0.15) is 0 Å². The Morgan fingerprint density at radius 2 is 2.25 bits per heavy atom. The average molecular weight is 223 g/mol. The average Bonchev–Trinajstić information content (AvgIpc) is 2.26. The van der Waals surface area contributed by atoms with E-state index in [1.165, 1.54) is 6.20 Å². The van der Waals surface area contributed by atoms with E-state index in [-0.39, 0.29) is 12.5 Å². The molecule has 0 saturated heterocycles. The number of rotatable bonds is 4. The highest BCUT2D eigenvalue weighted by atomic mass is 16.3. The van der Waals surface area contributed by atoms with Crippen molar-refractivity contribution in [2.24, 2.45) is 0 Å². The topological polar surface area (TPSA) is 65.5 Å². The van der Waals surface area contributed by atoms with E-state index in [1.807, 2.05) is 19.0 Å². The quantitative estimate of drug-likeness (QED) is 0.768. The molecular weight excluding hydrogens is 206 g/mol. The molecule has 5 nitrogen and oxygen atoms in total. The van der Waals surface area contributed by atoms with Gasteiger partial charge >= 0.3 is 0 Å². The van der Waals surface area contributed by atoms with Crippen LogP contribution < -0.4 is 10.2 Å². The van der Waals surface area contributed by atoms with Crippen molar-refractivity contribution < 1.29 is 9.90 Å².